The zero-order chi connectivity index (χ0) is 11.9. The molecule has 1 unspecified atom stereocenters. The minimum Gasteiger partial charge on any atom is -0.468 e. The number of methoxy groups -OCH3 is 2. The van der Waals surface area contributed by atoms with E-state index in [4.69, 9.17) is 18.9 Å². The monoisotopic (exact) mass is 228 g/mol. The summed E-state index contributed by atoms with van der Waals surface area (Å²) in [5.74, 6) is 0.667. The van der Waals surface area contributed by atoms with Crippen molar-refractivity contribution in [3.05, 3.63) is 24.0 Å². The zero-order valence-electron chi connectivity index (χ0n) is 9.47. The second-order valence-corrected chi connectivity index (χ2v) is 3.32. The van der Waals surface area contributed by atoms with E-state index < -0.39 is 5.60 Å². The topological polar surface area (TPSA) is 54.0 Å². The Labute approximate surface area is 94.6 Å². The molecule has 1 rings (SSSR count). The van der Waals surface area contributed by atoms with E-state index in [0.717, 1.165) is 6.29 Å². The highest BCUT2D eigenvalue weighted by Crippen LogP contribution is 2.23. The maximum absolute atomic E-state index is 11.0. The lowest BCUT2D eigenvalue weighted by atomic mass is 9.96. The predicted molar refractivity (Wildman–Crippen MR) is 56.6 cm³/mol. The lowest BCUT2D eigenvalue weighted by Gasteiger charge is -2.26. The Kier molecular flexibility index (Phi) is 5.18. The summed E-state index contributed by atoms with van der Waals surface area (Å²) in [4.78, 5) is 11.0. The van der Waals surface area contributed by atoms with Gasteiger partial charge in [-0.3, -0.25) is 4.79 Å². The van der Waals surface area contributed by atoms with Crippen LogP contribution in [-0.4, -0.2) is 39.7 Å². The lowest BCUT2D eigenvalue weighted by Crippen LogP contribution is -2.34. The molecule has 16 heavy (non-hydrogen) atoms. The number of aldehydes is 1. The molecule has 5 heteroatoms. The third-order valence-electron chi connectivity index (χ3n) is 2.14. The second-order valence-electron chi connectivity index (χ2n) is 3.32. The molecule has 0 heterocycles. The quantitative estimate of drug-likeness (QED) is 0.481. The molecule has 0 amide bonds. The summed E-state index contributed by atoms with van der Waals surface area (Å²) in [5.41, 5.74) is -0.935. The molecule has 5 nitrogen and oxygen atoms in total. The predicted octanol–water partition coefficient (Wildman–Crippen LogP) is 1.01. The van der Waals surface area contributed by atoms with E-state index in [9.17, 15) is 4.79 Å². The SMILES string of the molecule is COCOC1=CCC(C=O)(OCOC)C=C1. The normalized spacial score (nSPS) is 24.0. The average Bonchev–Trinajstić information content (AvgIpc) is 2.35. The molecule has 0 aromatic heterocycles. The van der Waals surface area contributed by atoms with E-state index in [1.54, 1.807) is 25.3 Å². The number of hydrogen-bond acceptors (Lipinski definition) is 5. The van der Waals surface area contributed by atoms with Crippen LogP contribution in [0.1, 0.15) is 6.42 Å². The van der Waals surface area contributed by atoms with Crippen LogP contribution in [0.2, 0.25) is 0 Å². The van der Waals surface area contributed by atoms with Crippen LogP contribution in [0.5, 0.6) is 0 Å². The molecule has 1 atom stereocenters. The van der Waals surface area contributed by atoms with Gasteiger partial charge in [-0.05, 0) is 18.2 Å². The van der Waals surface area contributed by atoms with Crippen LogP contribution in [0.25, 0.3) is 0 Å². The van der Waals surface area contributed by atoms with Crippen LogP contribution in [0.4, 0.5) is 0 Å². The molecule has 0 radical (unpaired) electrons. The van der Waals surface area contributed by atoms with Crippen molar-refractivity contribution in [1.82, 2.24) is 0 Å². The fourth-order valence-corrected chi connectivity index (χ4v) is 1.25. The number of carbonyl (C=O) groups is 1. The van der Waals surface area contributed by atoms with Gasteiger partial charge >= 0.3 is 0 Å². The van der Waals surface area contributed by atoms with Gasteiger partial charge in [-0.2, -0.15) is 0 Å². The summed E-state index contributed by atoms with van der Waals surface area (Å²) in [6.07, 6.45) is 6.31. The van der Waals surface area contributed by atoms with E-state index in [2.05, 4.69) is 0 Å². The van der Waals surface area contributed by atoms with Gasteiger partial charge in [0.2, 0.25) is 0 Å². The van der Waals surface area contributed by atoms with Gasteiger partial charge < -0.3 is 18.9 Å². The molecule has 0 fully saturated rings. The zero-order valence-corrected chi connectivity index (χ0v) is 9.47. The maximum Gasteiger partial charge on any atom is 0.188 e. The third-order valence-corrected chi connectivity index (χ3v) is 2.14. The summed E-state index contributed by atoms with van der Waals surface area (Å²) >= 11 is 0. The second kappa shape index (κ2) is 6.42. The molecule has 0 aromatic rings. The first kappa shape index (κ1) is 12.9. The fourth-order valence-electron chi connectivity index (χ4n) is 1.25. The van der Waals surface area contributed by atoms with Crippen LogP contribution >= 0.6 is 0 Å². The van der Waals surface area contributed by atoms with Crippen molar-refractivity contribution in [3.8, 4) is 0 Å². The molecule has 1 aliphatic carbocycles. The van der Waals surface area contributed by atoms with Crippen LogP contribution in [0, 0.1) is 0 Å². The number of rotatable bonds is 7. The van der Waals surface area contributed by atoms with E-state index >= 15 is 0 Å². The Hall–Kier alpha value is -1.17. The molecular formula is C11H16O5. The smallest absolute Gasteiger partial charge is 0.188 e. The highest BCUT2D eigenvalue weighted by molar-refractivity contribution is 5.67. The number of hydrogen-bond donors (Lipinski definition) is 0. The number of carbonyl (C=O) groups excluding carboxylic acids is 1. The highest BCUT2D eigenvalue weighted by atomic mass is 16.7. The van der Waals surface area contributed by atoms with E-state index in [1.165, 1.54) is 7.11 Å². The highest BCUT2D eigenvalue weighted by Gasteiger charge is 2.29. The van der Waals surface area contributed by atoms with Crippen molar-refractivity contribution >= 4 is 6.29 Å². The van der Waals surface area contributed by atoms with Crippen LogP contribution in [0.3, 0.4) is 0 Å². The number of ether oxygens (including phenoxy) is 4. The first-order valence-electron chi connectivity index (χ1n) is 4.86. The van der Waals surface area contributed by atoms with E-state index in [0.29, 0.717) is 12.2 Å². The van der Waals surface area contributed by atoms with Crippen LogP contribution in [-0.2, 0) is 23.7 Å². The van der Waals surface area contributed by atoms with Crippen LogP contribution < -0.4 is 0 Å². The van der Waals surface area contributed by atoms with Gasteiger partial charge in [-0.1, -0.05) is 0 Å². The van der Waals surface area contributed by atoms with Gasteiger partial charge in [0.1, 0.15) is 18.2 Å². The molecule has 0 aliphatic heterocycles. The van der Waals surface area contributed by atoms with E-state index in [-0.39, 0.29) is 13.6 Å². The summed E-state index contributed by atoms with van der Waals surface area (Å²) in [6.45, 7) is 0.258. The maximum atomic E-state index is 11.0. The lowest BCUT2D eigenvalue weighted by molar-refractivity contribution is -0.140. The van der Waals surface area contributed by atoms with Gasteiger partial charge in [-0.25, -0.2) is 0 Å². The summed E-state index contributed by atoms with van der Waals surface area (Å²) in [6, 6.07) is 0. The summed E-state index contributed by atoms with van der Waals surface area (Å²) < 4.78 is 20.1. The summed E-state index contributed by atoms with van der Waals surface area (Å²) in [7, 11) is 3.05. The molecular weight excluding hydrogens is 212 g/mol. The van der Waals surface area contributed by atoms with Gasteiger partial charge in [0.25, 0.3) is 0 Å². The third kappa shape index (κ3) is 3.44. The molecule has 1 aliphatic rings. The van der Waals surface area contributed by atoms with Crippen molar-refractivity contribution in [3.63, 3.8) is 0 Å². The van der Waals surface area contributed by atoms with Crippen LogP contribution in [0.15, 0.2) is 24.0 Å². The molecule has 0 saturated carbocycles. The molecule has 0 bridgehead atoms. The Morgan fingerprint density at radius 2 is 2.12 bits per heavy atom. The fraction of sp³-hybridized carbons (Fsp3) is 0.545. The van der Waals surface area contributed by atoms with Gasteiger partial charge in [0.05, 0.1) is 0 Å². The molecule has 0 aromatic carbocycles. The Morgan fingerprint density at radius 3 is 2.62 bits per heavy atom. The minimum atomic E-state index is -0.935. The Bertz CT molecular complexity index is 284. The molecule has 0 saturated heterocycles. The Balaban J connectivity index is 2.53. The van der Waals surface area contributed by atoms with Crippen molar-refractivity contribution in [1.29, 1.82) is 0 Å². The van der Waals surface area contributed by atoms with Gasteiger partial charge in [0, 0.05) is 20.6 Å². The van der Waals surface area contributed by atoms with Crippen molar-refractivity contribution in [2.24, 2.45) is 0 Å². The Morgan fingerprint density at radius 1 is 1.38 bits per heavy atom. The van der Waals surface area contributed by atoms with Gasteiger partial charge in [-0.15, -0.1) is 0 Å². The standard InChI is InChI=1S/C11H16O5/c1-13-8-15-10-3-5-11(7-12,6-4-10)16-9-14-2/h3-5,7H,6,8-9H2,1-2H3. The van der Waals surface area contributed by atoms with Crippen molar-refractivity contribution in [2.45, 2.75) is 12.0 Å². The first-order valence-corrected chi connectivity index (χ1v) is 4.86. The largest absolute Gasteiger partial charge is 0.468 e. The van der Waals surface area contributed by atoms with Crippen molar-refractivity contribution in [2.75, 3.05) is 27.8 Å². The molecule has 90 valence electrons. The average molecular weight is 228 g/mol. The van der Waals surface area contributed by atoms with Gasteiger partial charge in [0.15, 0.2) is 13.1 Å². The number of allylic oxidation sites excluding steroid dienone is 1. The van der Waals surface area contributed by atoms with E-state index in [1.807, 2.05) is 0 Å². The molecule has 0 spiro atoms. The van der Waals surface area contributed by atoms with Crippen molar-refractivity contribution < 1.29 is 23.7 Å². The first-order chi connectivity index (χ1) is 7.76. The minimum absolute atomic E-state index is 0.0746. The molecule has 0 N–H and O–H groups in total. The summed E-state index contributed by atoms with van der Waals surface area (Å²) in [5, 5.41) is 0.